The molecule has 0 aromatic carbocycles. The highest BCUT2D eigenvalue weighted by molar-refractivity contribution is 8.00. The summed E-state index contributed by atoms with van der Waals surface area (Å²) in [4.78, 5) is 31.3. The molecule has 0 unspecified atom stereocenters. The lowest BCUT2D eigenvalue weighted by Crippen LogP contribution is -2.22. The monoisotopic (exact) mass is 344 g/mol. The molecular formula is C13H12N8S2. The minimum absolute atomic E-state index is 0.514. The van der Waals surface area contributed by atoms with E-state index in [1.54, 1.807) is 12.7 Å². The molecule has 0 saturated carbocycles. The van der Waals surface area contributed by atoms with Gasteiger partial charge in [0.2, 0.25) is 0 Å². The number of aromatic nitrogens is 8. The van der Waals surface area contributed by atoms with Crippen LogP contribution in [0.15, 0.2) is 25.3 Å². The number of hydrogen-bond donors (Lipinski definition) is 4. The van der Waals surface area contributed by atoms with Gasteiger partial charge in [-0.1, -0.05) is 0 Å². The van der Waals surface area contributed by atoms with E-state index in [2.05, 4.69) is 39.9 Å². The molecular weight excluding hydrogens is 332 g/mol. The highest BCUT2D eigenvalue weighted by atomic mass is 32.2. The van der Waals surface area contributed by atoms with Crippen LogP contribution in [0.2, 0.25) is 0 Å². The smallest absolute Gasteiger partial charge is 0.180 e. The predicted molar refractivity (Wildman–Crippen MR) is 91.5 cm³/mol. The Labute approximate surface area is 141 Å². The molecule has 0 amide bonds. The normalized spacial score (nSPS) is 12.3. The number of H-pyrrole nitrogens is 2. The summed E-state index contributed by atoms with van der Waals surface area (Å²) < 4.78 is -0.654. The van der Waals surface area contributed by atoms with Gasteiger partial charge in [0.25, 0.3) is 0 Å². The zero-order valence-electron chi connectivity index (χ0n) is 11.8. The van der Waals surface area contributed by atoms with Crippen LogP contribution >= 0.6 is 25.3 Å². The SMILES string of the molecule is SC(S)(Cc1ncnc2nc[nH]c12)Cc1ncnc2nc[nH]c12. The van der Waals surface area contributed by atoms with Gasteiger partial charge < -0.3 is 9.97 Å². The number of nitrogens with zero attached hydrogens (tertiary/aromatic N) is 6. The molecule has 4 heterocycles. The lowest BCUT2D eigenvalue weighted by molar-refractivity contribution is 0.765. The van der Waals surface area contributed by atoms with E-state index >= 15 is 0 Å². The molecule has 0 bridgehead atoms. The molecule has 23 heavy (non-hydrogen) atoms. The molecule has 0 atom stereocenters. The van der Waals surface area contributed by atoms with Crippen LogP contribution in [0.5, 0.6) is 0 Å². The summed E-state index contributed by atoms with van der Waals surface area (Å²) in [6.45, 7) is 0. The number of imidazole rings is 2. The topological polar surface area (TPSA) is 109 Å². The Balaban J connectivity index is 1.65. The van der Waals surface area contributed by atoms with E-state index in [-0.39, 0.29) is 0 Å². The van der Waals surface area contributed by atoms with E-state index < -0.39 is 4.08 Å². The second-order valence-electron chi connectivity index (χ2n) is 5.18. The van der Waals surface area contributed by atoms with Crippen molar-refractivity contribution >= 4 is 47.6 Å². The summed E-state index contributed by atoms with van der Waals surface area (Å²) >= 11 is 9.39. The first-order valence-electron chi connectivity index (χ1n) is 6.83. The Hall–Kier alpha value is -2.20. The number of fused-ring (bicyclic) bond motifs is 2. The molecule has 116 valence electrons. The number of thiol groups is 2. The maximum absolute atomic E-state index is 4.70. The molecule has 4 aromatic rings. The third-order valence-electron chi connectivity index (χ3n) is 3.50. The number of aromatic amines is 2. The molecule has 2 N–H and O–H groups in total. The first-order valence-corrected chi connectivity index (χ1v) is 7.72. The molecule has 0 aliphatic rings. The fourth-order valence-corrected chi connectivity index (χ4v) is 3.10. The zero-order valence-corrected chi connectivity index (χ0v) is 13.6. The Morgan fingerprint density at radius 3 is 1.70 bits per heavy atom. The molecule has 10 heteroatoms. The van der Waals surface area contributed by atoms with Crippen LogP contribution in [-0.4, -0.2) is 44.0 Å². The quantitative estimate of drug-likeness (QED) is 0.329. The minimum Gasteiger partial charge on any atom is -0.342 e. The Bertz CT molecular complexity index is 898. The molecule has 0 aliphatic carbocycles. The lowest BCUT2D eigenvalue weighted by Gasteiger charge is -2.22. The number of rotatable bonds is 4. The fraction of sp³-hybridized carbons (Fsp3) is 0.231. The van der Waals surface area contributed by atoms with E-state index in [0.29, 0.717) is 24.1 Å². The molecule has 8 nitrogen and oxygen atoms in total. The molecule has 4 rings (SSSR count). The van der Waals surface area contributed by atoms with Gasteiger partial charge in [-0.15, -0.1) is 0 Å². The standard InChI is InChI=1S/C13H12N8S2/c22-13(23,1-7-9-11(18-3-14-7)20-5-16-9)2-8-10-12(19-4-15-8)21-6-17-10/h3-6,22-23H,1-2H2,(H,14,16,18,20)(H,15,17,19,21). The minimum atomic E-state index is -0.654. The van der Waals surface area contributed by atoms with E-state index in [9.17, 15) is 0 Å². The van der Waals surface area contributed by atoms with Gasteiger partial charge >= 0.3 is 0 Å². The maximum Gasteiger partial charge on any atom is 0.180 e. The van der Waals surface area contributed by atoms with E-state index in [0.717, 1.165) is 22.4 Å². The highest BCUT2D eigenvalue weighted by Crippen LogP contribution is 2.31. The van der Waals surface area contributed by atoms with Crippen molar-refractivity contribution < 1.29 is 0 Å². The van der Waals surface area contributed by atoms with Gasteiger partial charge in [0, 0.05) is 12.8 Å². The Morgan fingerprint density at radius 2 is 1.22 bits per heavy atom. The summed E-state index contributed by atoms with van der Waals surface area (Å²) in [5.74, 6) is 0. The molecule has 4 aromatic heterocycles. The predicted octanol–water partition coefficient (Wildman–Crippen LogP) is 1.36. The number of nitrogens with one attached hydrogen (secondary N) is 2. The van der Waals surface area contributed by atoms with Crippen molar-refractivity contribution in [1.29, 1.82) is 0 Å². The van der Waals surface area contributed by atoms with Crippen LogP contribution < -0.4 is 0 Å². The summed E-state index contributed by atoms with van der Waals surface area (Å²) in [6, 6.07) is 0. The van der Waals surface area contributed by atoms with Gasteiger partial charge in [0.15, 0.2) is 11.3 Å². The van der Waals surface area contributed by atoms with Crippen molar-refractivity contribution in [1.82, 2.24) is 39.9 Å². The zero-order chi connectivity index (χ0) is 15.9. The summed E-state index contributed by atoms with van der Waals surface area (Å²) in [5, 5.41) is 0. The molecule has 0 fully saturated rings. The maximum atomic E-state index is 4.70. The Kier molecular flexibility index (Phi) is 3.42. The van der Waals surface area contributed by atoms with Crippen LogP contribution in [-0.2, 0) is 12.8 Å². The van der Waals surface area contributed by atoms with Gasteiger partial charge in [-0.05, 0) is 0 Å². The third-order valence-corrected chi connectivity index (χ3v) is 4.14. The van der Waals surface area contributed by atoms with Crippen LogP contribution in [0.3, 0.4) is 0 Å². The largest absolute Gasteiger partial charge is 0.342 e. The van der Waals surface area contributed by atoms with Gasteiger partial charge in [-0.2, -0.15) is 25.3 Å². The van der Waals surface area contributed by atoms with E-state index in [1.165, 1.54) is 12.7 Å². The fourth-order valence-electron chi connectivity index (χ4n) is 2.50. The average Bonchev–Trinajstić information content (AvgIpc) is 3.16. The van der Waals surface area contributed by atoms with Crippen molar-refractivity contribution in [3.05, 3.63) is 36.7 Å². The van der Waals surface area contributed by atoms with Gasteiger partial charge in [0.1, 0.15) is 23.7 Å². The van der Waals surface area contributed by atoms with Crippen LogP contribution in [0.1, 0.15) is 11.4 Å². The van der Waals surface area contributed by atoms with Crippen molar-refractivity contribution in [2.24, 2.45) is 0 Å². The number of hydrogen-bond acceptors (Lipinski definition) is 8. The molecule has 0 saturated heterocycles. The van der Waals surface area contributed by atoms with Crippen molar-refractivity contribution in [3.8, 4) is 0 Å². The lowest BCUT2D eigenvalue weighted by atomic mass is 10.1. The average molecular weight is 344 g/mol. The van der Waals surface area contributed by atoms with Crippen LogP contribution in [0.25, 0.3) is 22.3 Å². The molecule has 0 spiro atoms. The second kappa shape index (κ2) is 5.46. The van der Waals surface area contributed by atoms with Gasteiger partial charge in [-0.25, -0.2) is 29.9 Å². The summed E-state index contributed by atoms with van der Waals surface area (Å²) in [7, 11) is 0. The van der Waals surface area contributed by atoms with Gasteiger partial charge in [-0.3, -0.25) is 0 Å². The second-order valence-corrected chi connectivity index (χ2v) is 7.24. The first-order chi connectivity index (χ1) is 11.1. The van der Waals surface area contributed by atoms with Crippen LogP contribution in [0.4, 0.5) is 0 Å². The summed E-state index contributed by atoms with van der Waals surface area (Å²) in [5.41, 5.74) is 4.49. The van der Waals surface area contributed by atoms with Gasteiger partial charge in [0.05, 0.1) is 28.1 Å². The highest BCUT2D eigenvalue weighted by Gasteiger charge is 2.26. The third kappa shape index (κ3) is 2.75. The van der Waals surface area contributed by atoms with E-state index in [4.69, 9.17) is 25.3 Å². The van der Waals surface area contributed by atoms with Crippen molar-refractivity contribution in [3.63, 3.8) is 0 Å². The van der Waals surface area contributed by atoms with E-state index in [1.807, 2.05) is 0 Å². The first kappa shape index (κ1) is 14.4. The molecule has 0 aliphatic heterocycles. The Morgan fingerprint density at radius 1 is 0.739 bits per heavy atom. The van der Waals surface area contributed by atoms with Crippen molar-refractivity contribution in [2.45, 2.75) is 16.9 Å². The van der Waals surface area contributed by atoms with Crippen LogP contribution in [0, 0.1) is 0 Å². The van der Waals surface area contributed by atoms with Crippen molar-refractivity contribution in [2.75, 3.05) is 0 Å². The summed E-state index contributed by atoms with van der Waals surface area (Å²) in [6.07, 6.45) is 7.21. The molecule has 0 radical (unpaired) electrons.